The highest BCUT2D eigenvalue weighted by Crippen LogP contribution is 2.34. The molecule has 28 heavy (non-hydrogen) atoms. The van der Waals surface area contributed by atoms with Gasteiger partial charge in [0.2, 0.25) is 11.8 Å². The van der Waals surface area contributed by atoms with Crippen LogP contribution in [-0.2, 0) is 23.9 Å². The van der Waals surface area contributed by atoms with Gasteiger partial charge in [0.25, 0.3) is 5.91 Å². The second kappa shape index (κ2) is 8.43. The minimum atomic E-state index is -0.832. The van der Waals surface area contributed by atoms with Crippen LogP contribution in [0.1, 0.15) is 12.8 Å². The van der Waals surface area contributed by atoms with Gasteiger partial charge < -0.3 is 14.8 Å². The number of anilines is 1. The summed E-state index contributed by atoms with van der Waals surface area (Å²) in [6.45, 7) is -1.07. The number of carbonyl (C=O) groups excluding carboxylic acids is 4. The average Bonchev–Trinajstić information content (AvgIpc) is 2.92. The lowest BCUT2D eigenvalue weighted by molar-refractivity contribution is -0.154. The molecule has 3 rings (SSSR count). The molecule has 1 heterocycles. The van der Waals surface area contributed by atoms with E-state index in [2.05, 4.69) is 5.32 Å². The van der Waals surface area contributed by atoms with E-state index in [1.807, 2.05) is 12.2 Å². The van der Waals surface area contributed by atoms with Crippen LogP contribution in [0.5, 0.6) is 5.75 Å². The zero-order valence-corrected chi connectivity index (χ0v) is 15.9. The molecule has 0 bridgehead atoms. The summed E-state index contributed by atoms with van der Waals surface area (Å²) in [7, 11) is 1.44. The SMILES string of the molecule is COc1ccc(Cl)cc1NC(=O)COC(=O)CN1C(=O)[C@H]2CC=CC[C@H]2C1=O. The number of imide groups is 1. The van der Waals surface area contributed by atoms with E-state index in [1.54, 1.807) is 12.1 Å². The van der Waals surface area contributed by atoms with Crippen LogP contribution in [0.25, 0.3) is 0 Å². The maximum Gasteiger partial charge on any atom is 0.326 e. The van der Waals surface area contributed by atoms with Crippen LogP contribution in [0, 0.1) is 11.8 Å². The third-order valence-corrected chi connectivity index (χ3v) is 4.92. The van der Waals surface area contributed by atoms with Gasteiger partial charge in [-0.15, -0.1) is 0 Å². The molecule has 3 amide bonds. The number of halogens is 1. The van der Waals surface area contributed by atoms with Crippen molar-refractivity contribution in [2.24, 2.45) is 11.8 Å². The molecule has 1 aromatic rings. The number of allylic oxidation sites excluding steroid dienone is 2. The number of hydrogen-bond acceptors (Lipinski definition) is 6. The Kier molecular flexibility index (Phi) is 5.99. The van der Waals surface area contributed by atoms with Crippen molar-refractivity contribution in [3.05, 3.63) is 35.4 Å². The highest BCUT2D eigenvalue weighted by molar-refractivity contribution is 6.31. The molecule has 2 atom stereocenters. The van der Waals surface area contributed by atoms with Crippen molar-refractivity contribution >= 4 is 41.0 Å². The van der Waals surface area contributed by atoms with Gasteiger partial charge in [0.15, 0.2) is 6.61 Å². The number of ether oxygens (including phenoxy) is 2. The van der Waals surface area contributed by atoms with Crippen molar-refractivity contribution in [2.45, 2.75) is 12.8 Å². The van der Waals surface area contributed by atoms with Gasteiger partial charge in [-0.2, -0.15) is 0 Å². The molecule has 1 N–H and O–H groups in total. The number of esters is 1. The number of nitrogens with one attached hydrogen (secondary N) is 1. The first-order chi connectivity index (χ1) is 13.4. The summed E-state index contributed by atoms with van der Waals surface area (Å²) in [6.07, 6.45) is 4.71. The minimum Gasteiger partial charge on any atom is -0.495 e. The Bertz CT molecular complexity index is 827. The number of hydrogen-bond donors (Lipinski definition) is 1. The second-order valence-corrected chi connectivity index (χ2v) is 6.91. The van der Waals surface area contributed by atoms with Crippen molar-refractivity contribution < 1.29 is 28.7 Å². The van der Waals surface area contributed by atoms with E-state index >= 15 is 0 Å². The highest BCUT2D eigenvalue weighted by atomic mass is 35.5. The first-order valence-corrected chi connectivity index (χ1v) is 9.07. The van der Waals surface area contributed by atoms with Gasteiger partial charge >= 0.3 is 5.97 Å². The lowest BCUT2D eigenvalue weighted by atomic mass is 9.85. The third kappa shape index (κ3) is 4.17. The number of benzene rings is 1. The van der Waals surface area contributed by atoms with E-state index < -0.39 is 36.9 Å². The number of fused-ring (bicyclic) bond motifs is 1. The number of methoxy groups -OCH3 is 1. The van der Waals surface area contributed by atoms with Gasteiger partial charge in [-0.1, -0.05) is 23.8 Å². The zero-order valence-electron chi connectivity index (χ0n) is 15.1. The Hall–Kier alpha value is -2.87. The molecule has 0 spiro atoms. The predicted octanol–water partition coefficient (Wildman–Crippen LogP) is 1.78. The van der Waals surface area contributed by atoms with Crippen LogP contribution in [0.4, 0.5) is 5.69 Å². The van der Waals surface area contributed by atoms with E-state index in [9.17, 15) is 19.2 Å². The average molecular weight is 407 g/mol. The van der Waals surface area contributed by atoms with Crippen LogP contribution in [0.2, 0.25) is 5.02 Å². The van der Waals surface area contributed by atoms with Crippen LogP contribution in [0.3, 0.4) is 0 Å². The van der Waals surface area contributed by atoms with E-state index in [1.165, 1.54) is 13.2 Å². The summed E-state index contributed by atoms with van der Waals surface area (Å²) in [5.41, 5.74) is 0.331. The standard InChI is InChI=1S/C19H19ClN2O6/c1-27-15-7-6-11(20)8-14(15)21-16(23)10-28-17(24)9-22-18(25)12-4-2-3-5-13(12)19(22)26/h2-3,6-8,12-13H,4-5,9-10H2,1H3,(H,21,23)/t12-,13+. The molecular formula is C19H19ClN2O6. The molecule has 1 aliphatic heterocycles. The summed E-state index contributed by atoms with van der Waals surface area (Å²) >= 11 is 5.89. The van der Waals surface area contributed by atoms with Crippen molar-refractivity contribution in [1.29, 1.82) is 0 Å². The minimum absolute atomic E-state index is 0.331. The van der Waals surface area contributed by atoms with Crippen LogP contribution >= 0.6 is 11.6 Å². The van der Waals surface area contributed by atoms with E-state index in [0.717, 1.165) is 4.90 Å². The largest absolute Gasteiger partial charge is 0.495 e. The summed E-state index contributed by atoms with van der Waals surface area (Å²) in [6, 6.07) is 4.69. The zero-order chi connectivity index (χ0) is 20.3. The van der Waals surface area contributed by atoms with Gasteiger partial charge in [-0.3, -0.25) is 24.1 Å². The van der Waals surface area contributed by atoms with Crippen LogP contribution in [-0.4, -0.2) is 48.9 Å². The molecule has 8 nitrogen and oxygen atoms in total. The molecule has 1 fully saturated rings. The lowest BCUT2D eigenvalue weighted by Crippen LogP contribution is -2.37. The van der Waals surface area contributed by atoms with Crippen LogP contribution in [0.15, 0.2) is 30.4 Å². The molecule has 9 heteroatoms. The van der Waals surface area contributed by atoms with Crippen molar-refractivity contribution in [1.82, 2.24) is 4.90 Å². The maximum absolute atomic E-state index is 12.3. The van der Waals surface area contributed by atoms with Gasteiger partial charge in [0, 0.05) is 5.02 Å². The molecule has 0 unspecified atom stereocenters. The van der Waals surface area contributed by atoms with Crippen LogP contribution < -0.4 is 10.1 Å². The quantitative estimate of drug-likeness (QED) is 0.439. The Balaban J connectivity index is 1.52. The highest BCUT2D eigenvalue weighted by Gasteiger charge is 2.47. The molecule has 0 saturated carbocycles. The van der Waals surface area contributed by atoms with Crippen molar-refractivity contribution in [3.63, 3.8) is 0 Å². The molecule has 148 valence electrons. The first kappa shape index (κ1) is 19.9. The number of likely N-dealkylation sites (tertiary alicyclic amines) is 1. The molecule has 1 saturated heterocycles. The van der Waals surface area contributed by atoms with Crippen molar-refractivity contribution in [3.8, 4) is 5.75 Å². The molecular weight excluding hydrogens is 388 g/mol. The predicted molar refractivity (Wildman–Crippen MR) is 99.7 cm³/mol. The Morgan fingerprint density at radius 1 is 1.18 bits per heavy atom. The van der Waals surface area contributed by atoms with Gasteiger partial charge in [0.05, 0.1) is 24.6 Å². The fraction of sp³-hybridized carbons (Fsp3) is 0.368. The Labute approximate surface area is 166 Å². The topological polar surface area (TPSA) is 102 Å². The molecule has 1 aliphatic carbocycles. The molecule has 0 aromatic heterocycles. The summed E-state index contributed by atoms with van der Waals surface area (Å²) in [4.78, 5) is 49.6. The summed E-state index contributed by atoms with van der Waals surface area (Å²) < 4.78 is 10.0. The number of carbonyl (C=O) groups is 4. The summed E-state index contributed by atoms with van der Waals surface area (Å²) in [5, 5.41) is 2.93. The van der Waals surface area contributed by atoms with Gasteiger partial charge in [-0.05, 0) is 31.0 Å². The van der Waals surface area contributed by atoms with E-state index in [4.69, 9.17) is 21.1 Å². The van der Waals surface area contributed by atoms with Gasteiger partial charge in [0.1, 0.15) is 12.3 Å². The normalized spacial score (nSPS) is 20.7. The fourth-order valence-corrected chi connectivity index (χ4v) is 3.48. The summed E-state index contributed by atoms with van der Waals surface area (Å²) in [5.74, 6) is -2.61. The van der Waals surface area contributed by atoms with Gasteiger partial charge in [-0.25, -0.2) is 0 Å². The molecule has 0 radical (unpaired) electrons. The molecule has 2 aliphatic rings. The lowest BCUT2D eigenvalue weighted by Gasteiger charge is -2.14. The second-order valence-electron chi connectivity index (χ2n) is 6.47. The maximum atomic E-state index is 12.3. The van der Waals surface area contributed by atoms with E-state index in [-0.39, 0.29) is 11.8 Å². The number of rotatable bonds is 6. The smallest absolute Gasteiger partial charge is 0.326 e. The Morgan fingerprint density at radius 3 is 2.43 bits per heavy atom. The number of nitrogens with zero attached hydrogens (tertiary/aromatic N) is 1. The fourth-order valence-electron chi connectivity index (χ4n) is 3.31. The monoisotopic (exact) mass is 406 g/mol. The van der Waals surface area contributed by atoms with E-state index in [0.29, 0.717) is 29.3 Å². The number of amides is 3. The van der Waals surface area contributed by atoms with Crippen molar-refractivity contribution in [2.75, 3.05) is 25.6 Å². The Morgan fingerprint density at radius 2 is 1.82 bits per heavy atom. The third-order valence-electron chi connectivity index (χ3n) is 4.69. The molecule has 1 aromatic carbocycles. The first-order valence-electron chi connectivity index (χ1n) is 8.70.